The number of nitrogens with zero attached hydrogens (tertiary/aromatic N) is 2. The highest BCUT2D eigenvalue weighted by Crippen LogP contribution is 2.38. The first-order valence-corrected chi connectivity index (χ1v) is 8.51. The van der Waals surface area contributed by atoms with Gasteiger partial charge in [-0.3, -0.25) is 4.57 Å². The Morgan fingerprint density at radius 1 is 1.21 bits per heavy atom. The topological polar surface area (TPSA) is 99.8 Å². The summed E-state index contributed by atoms with van der Waals surface area (Å²) in [6.07, 6.45) is -2.05. The van der Waals surface area contributed by atoms with E-state index in [2.05, 4.69) is 10.3 Å². The number of benzene rings is 1. The van der Waals surface area contributed by atoms with Gasteiger partial charge in [0, 0.05) is 6.04 Å². The first kappa shape index (κ1) is 16.4. The van der Waals surface area contributed by atoms with E-state index < -0.39 is 24.5 Å². The van der Waals surface area contributed by atoms with Crippen LogP contribution in [-0.4, -0.2) is 55.8 Å². The quantitative estimate of drug-likeness (QED) is 0.648. The second kappa shape index (κ2) is 6.01. The summed E-state index contributed by atoms with van der Waals surface area (Å²) in [7, 11) is 0. The summed E-state index contributed by atoms with van der Waals surface area (Å²) in [5.41, 5.74) is 1.23. The summed E-state index contributed by atoms with van der Waals surface area (Å²) in [6, 6.07) is 3.62. The van der Waals surface area contributed by atoms with Gasteiger partial charge in [0.05, 0.1) is 27.7 Å². The predicted octanol–water partition coefficient (Wildman–Crippen LogP) is 1.53. The summed E-state index contributed by atoms with van der Waals surface area (Å²) in [4.78, 5) is 4.52. The number of nitrogens with one attached hydrogen (secondary N) is 1. The smallest absolute Gasteiger partial charge is 0.206 e. The normalized spacial score (nSPS) is 30.2. The predicted molar refractivity (Wildman–Crippen MR) is 89.4 cm³/mol. The van der Waals surface area contributed by atoms with Crippen LogP contribution < -0.4 is 5.32 Å². The van der Waals surface area contributed by atoms with E-state index in [0.717, 1.165) is 12.8 Å². The van der Waals surface area contributed by atoms with Gasteiger partial charge < -0.3 is 25.4 Å². The Bertz CT molecular complexity index is 780. The molecule has 1 aromatic carbocycles. The third kappa shape index (κ3) is 2.65. The van der Waals surface area contributed by atoms with E-state index in [1.165, 1.54) is 0 Å². The van der Waals surface area contributed by atoms with Crippen LogP contribution in [0.2, 0.25) is 10.0 Å². The highest BCUT2D eigenvalue weighted by molar-refractivity contribution is 6.42. The van der Waals surface area contributed by atoms with Gasteiger partial charge in [-0.2, -0.15) is 0 Å². The maximum Gasteiger partial charge on any atom is 0.206 e. The van der Waals surface area contributed by atoms with Crippen LogP contribution in [0.5, 0.6) is 0 Å². The molecule has 9 heteroatoms. The Balaban J connectivity index is 1.83. The van der Waals surface area contributed by atoms with Crippen LogP contribution in [0, 0.1) is 0 Å². The lowest BCUT2D eigenvalue weighted by Crippen LogP contribution is -2.33. The van der Waals surface area contributed by atoms with Crippen LogP contribution in [0.15, 0.2) is 12.1 Å². The average molecular weight is 374 g/mol. The summed E-state index contributed by atoms with van der Waals surface area (Å²) < 4.78 is 7.32. The molecule has 0 spiro atoms. The fourth-order valence-electron chi connectivity index (χ4n) is 2.95. The molecule has 0 unspecified atom stereocenters. The van der Waals surface area contributed by atoms with Crippen molar-refractivity contribution in [3.63, 3.8) is 0 Å². The van der Waals surface area contributed by atoms with E-state index in [0.29, 0.717) is 33.1 Å². The molecule has 4 atom stereocenters. The minimum Gasteiger partial charge on any atom is -0.394 e. The molecule has 1 saturated heterocycles. The number of aromatic nitrogens is 2. The van der Waals surface area contributed by atoms with E-state index >= 15 is 0 Å². The van der Waals surface area contributed by atoms with Crippen molar-refractivity contribution in [2.75, 3.05) is 11.9 Å². The van der Waals surface area contributed by atoms with Gasteiger partial charge in [0.2, 0.25) is 5.95 Å². The second-order valence-electron chi connectivity index (χ2n) is 6.21. The van der Waals surface area contributed by atoms with Crippen molar-refractivity contribution < 1.29 is 20.1 Å². The molecule has 2 aromatic rings. The average Bonchev–Trinajstić information content (AvgIpc) is 3.25. The Kier molecular flexibility index (Phi) is 4.11. The number of hydrogen-bond acceptors (Lipinski definition) is 6. The van der Waals surface area contributed by atoms with Gasteiger partial charge in [-0.05, 0) is 25.0 Å². The number of aliphatic hydroxyl groups excluding tert-OH is 3. The standard InChI is InChI=1S/C15H17Cl2N3O4/c16-7-3-9-10(4-8(7)17)20(15(19-9)18-6-1-2-6)14-13(23)12(22)11(5-21)24-14/h3-4,6,11-14,21-23H,1-2,5H2,(H,18,19)/t11-,12-,13-,14-/m1/s1. The molecule has 0 amide bonds. The molecule has 24 heavy (non-hydrogen) atoms. The Hall–Kier alpha value is -1.09. The lowest BCUT2D eigenvalue weighted by atomic mass is 10.1. The van der Waals surface area contributed by atoms with Crippen LogP contribution in [0.3, 0.4) is 0 Å². The second-order valence-corrected chi connectivity index (χ2v) is 7.02. The largest absolute Gasteiger partial charge is 0.394 e. The molecule has 1 aliphatic carbocycles. The van der Waals surface area contributed by atoms with Crippen molar-refractivity contribution in [3.05, 3.63) is 22.2 Å². The molecular formula is C15H17Cl2N3O4. The van der Waals surface area contributed by atoms with E-state index in [4.69, 9.17) is 27.9 Å². The summed E-state index contributed by atoms with van der Waals surface area (Å²) in [6.45, 7) is -0.390. The van der Waals surface area contributed by atoms with Crippen molar-refractivity contribution in [2.45, 2.75) is 43.4 Å². The van der Waals surface area contributed by atoms with Crippen LogP contribution in [-0.2, 0) is 4.74 Å². The molecule has 7 nitrogen and oxygen atoms in total. The minimum absolute atomic E-state index is 0.323. The maximum atomic E-state index is 10.4. The first-order chi connectivity index (χ1) is 11.5. The maximum absolute atomic E-state index is 10.4. The summed E-state index contributed by atoms with van der Waals surface area (Å²) in [5, 5.41) is 33.8. The molecule has 4 rings (SSSR count). The zero-order valence-electron chi connectivity index (χ0n) is 12.6. The zero-order chi connectivity index (χ0) is 17.0. The van der Waals surface area contributed by atoms with Gasteiger partial charge in [0.15, 0.2) is 6.23 Å². The van der Waals surface area contributed by atoms with Gasteiger partial charge in [-0.25, -0.2) is 4.98 Å². The Morgan fingerprint density at radius 2 is 1.92 bits per heavy atom. The molecule has 1 saturated carbocycles. The van der Waals surface area contributed by atoms with Gasteiger partial charge in [0.1, 0.15) is 18.3 Å². The number of ether oxygens (including phenoxy) is 1. The van der Waals surface area contributed by atoms with E-state index in [1.54, 1.807) is 16.7 Å². The third-order valence-electron chi connectivity index (χ3n) is 4.41. The van der Waals surface area contributed by atoms with Gasteiger partial charge >= 0.3 is 0 Å². The van der Waals surface area contributed by atoms with E-state index in [1.807, 2.05) is 0 Å². The van der Waals surface area contributed by atoms with Crippen molar-refractivity contribution in [1.29, 1.82) is 0 Å². The molecule has 2 heterocycles. The van der Waals surface area contributed by atoms with Gasteiger partial charge in [0.25, 0.3) is 0 Å². The fraction of sp³-hybridized carbons (Fsp3) is 0.533. The van der Waals surface area contributed by atoms with Crippen molar-refractivity contribution in [1.82, 2.24) is 9.55 Å². The van der Waals surface area contributed by atoms with Crippen molar-refractivity contribution in [2.24, 2.45) is 0 Å². The number of hydrogen-bond donors (Lipinski definition) is 4. The molecule has 0 radical (unpaired) electrons. The molecule has 0 bridgehead atoms. The van der Waals surface area contributed by atoms with Crippen molar-refractivity contribution in [3.8, 4) is 0 Å². The van der Waals surface area contributed by atoms with E-state index in [9.17, 15) is 15.3 Å². The zero-order valence-corrected chi connectivity index (χ0v) is 14.1. The summed E-state index contributed by atoms with van der Waals surface area (Å²) in [5.74, 6) is 0.515. The number of halogens is 2. The highest BCUT2D eigenvalue weighted by atomic mass is 35.5. The molecule has 2 fully saturated rings. The number of aliphatic hydroxyl groups is 3. The number of imidazole rings is 1. The Morgan fingerprint density at radius 3 is 2.54 bits per heavy atom. The SMILES string of the molecule is OC[C@H]1O[C@@H](n2c(NC3CC3)nc3cc(Cl)c(Cl)cc32)[C@H](O)[C@@H]1O. The Labute approximate surface area is 147 Å². The number of anilines is 1. The van der Waals surface area contributed by atoms with Crippen LogP contribution in [0.1, 0.15) is 19.1 Å². The van der Waals surface area contributed by atoms with Gasteiger partial charge in [-0.15, -0.1) is 0 Å². The van der Waals surface area contributed by atoms with Crippen molar-refractivity contribution >= 4 is 40.2 Å². The molecule has 2 aliphatic rings. The molecule has 1 aliphatic heterocycles. The van der Waals surface area contributed by atoms with E-state index in [-0.39, 0.29) is 6.61 Å². The van der Waals surface area contributed by atoms with Crippen LogP contribution in [0.25, 0.3) is 11.0 Å². The minimum atomic E-state index is -1.20. The monoisotopic (exact) mass is 373 g/mol. The number of fused-ring (bicyclic) bond motifs is 1. The summed E-state index contributed by atoms with van der Waals surface area (Å²) >= 11 is 12.2. The van der Waals surface area contributed by atoms with Gasteiger partial charge in [-0.1, -0.05) is 23.2 Å². The first-order valence-electron chi connectivity index (χ1n) is 7.75. The molecular weight excluding hydrogens is 357 g/mol. The molecule has 1 aromatic heterocycles. The lowest BCUT2D eigenvalue weighted by Gasteiger charge is -2.20. The fourth-order valence-corrected chi connectivity index (χ4v) is 3.27. The number of rotatable bonds is 4. The third-order valence-corrected chi connectivity index (χ3v) is 5.14. The highest BCUT2D eigenvalue weighted by Gasteiger charge is 2.45. The lowest BCUT2D eigenvalue weighted by molar-refractivity contribution is -0.0499. The molecule has 4 N–H and O–H groups in total. The van der Waals surface area contributed by atoms with Crippen LogP contribution in [0.4, 0.5) is 5.95 Å². The van der Waals surface area contributed by atoms with Crippen LogP contribution >= 0.6 is 23.2 Å². The molecule has 130 valence electrons.